The van der Waals surface area contributed by atoms with Crippen molar-refractivity contribution in [1.82, 2.24) is 9.80 Å². The average molecular weight is 378 g/mol. The molecule has 1 aromatic heterocycles. The first-order chi connectivity index (χ1) is 12.6. The molecule has 0 N–H and O–H groups in total. The molecule has 2 aromatic rings. The van der Waals surface area contributed by atoms with E-state index in [9.17, 15) is 27.6 Å². The summed E-state index contributed by atoms with van der Waals surface area (Å²) in [5.74, 6) is -1.70. The molecule has 0 spiro atoms. The van der Waals surface area contributed by atoms with Crippen molar-refractivity contribution in [3.8, 4) is 11.3 Å². The van der Waals surface area contributed by atoms with Crippen molar-refractivity contribution in [1.29, 1.82) is 0 Å². The smallest absolute Gasteiger partial charge is 0.417 e. The highest BCUT2D eigenvalue weighted by atomic mass is 19.4. The van der Waals surface area contributed by atoms with Gasteiger partial charge in [0.1, 0.15) is 17.1 Å². The van der Waals surface area contributed by atoms with Crippen LogP contribution < -0.4 is 0 Å². The summed E-state index contributed by atoms with van der Waals surface area (Å²) >= 11 is 0. The van der Waals surface area contributed by atoms with Crippen molar-refractivity contribution in [3.05, 3.63) is 53.3 Å². The number of hydrogen-bond acceptors (Lipinski definition) is 4. The number of amides is 4. The number of imide groups is 2. The number of carbonyl (C=O) groups excluding carboxylic acids is 3. The summed E-state index contributed by atoms with van der Waals surface area (Å²) in [4.78, 5) is 37.6. The normalized spacial score (nSPS) is 15.6. The summed E-state index contributed by atoms with van der Waals surface area (Å²) in [6, 6.07) is 6.77. The van der Waals surface area contributed by atoms with Gasteiger partial charge in [-0.2, -0.15) is 13.2 Å². The van der Waals surface area contributed by atoms with Gasteiger partial charge in [0.25, 0.3) is 11.8 Å². The van der Waals surface area contributed by atoms with Gasteiger partial charge in [-0.1, -0.05) is 18.2 Å². The first kappa shape index (κ1) is 18.4. The van der Waals surface area contributed by atoms with Gasteiger partial charge in [0, 0.05) is 19.7 Å². The highest BCUT2D eigenvalue weighted by molar-refractivity contribution is 6.30. The van der Waals surface area contributed by atoms with Gasteiger partial charge in [-0.25, -0.2) is 4.79 Å². The lowest BCUT2D eigenvalue weighted by molar-refractivity contribution is -0.137. The lowest BCUT2D eigenvalue weighted by Gasteiger charge is -2.28. The molecule has 0 saturated carbocycles. The minimum Gasteiger partial charge on any atom is -0.457 e. The Morgan fingerprint density at radius 2 is 1.52 bits per heavy atom. The van der Waals surface area contributed by atoms with Crippen molar-refractivity contribution in [2.75, 3.05) is 14.1 Å². The molecule has 1 saturated heterocycles. The Morgan fingerprint density at radius 3 is 2.11 bits per heavy atom. The van der Waals surface area contributed by atoms with E-state index in [0.717, 1.165) is 21.9 Å². The van der Waals surface area contributed by atoms with Gasteiger partial charge in [-0.15, -0.1) is 0 Å². The Bertz CT molecular complexity index is 949. The Kier molecular flexibility index (Phi) is 4.38. The molecule has 0 aliphatic carbocycles. The topological polar surface area (TPSA) is 70.8 Å². The Hall–Kier alpha value is -3.36. The Morgan fingerprint density at radius 1 is 0.926 bits per heavy atom. The SMILES string of the molecule is CN1C(=O)C(=Cc2ccc(-c3ccccc3C(F)(F)F)o2)C(=O)N(C)C1=O. The van der Waals surface area contributed by atoms with Gasteiger partial charge in [0.2, 0.25) is 0 Å². The largest absolute Gasteiger partial charge is 0.457 e. The molecule has 0 radical (unpaired) electrons. The maximum Gasteiger partial charge on any atom is 0.417 e. The maximum absolute atomic E-state index is 13.2. The molecular formula is C18H13F3N2O4. The van der Waals surface area contributed by atoms with E-state index in [1.807, 2.05) is 0 Å². The van der Waals surface area contributed by atoms with E-state index in [1.165, 1.54) is 44.4 Å². The number of nitrogens with zero attached hydrogens (tertiary/aromatic N) is 2. The lowest BCUT2D eigenvalue weighted by Crippen LogP contribution is -2.52. The second kappa shape index (κ2) is 6.42. The van der Waals surface area contributed by atoms with Gasteiger partial charge >= 0.3 is 12.2 Å². The van der Waals surface area contributed by atoms with Gasteiger partial charge in [0.15, 0.2) is 0 Å². The summed E-state index contributed by atoms with van der Waals surface area (Å²) in [5, 5.41) is 0. The third-order valence-corrected chi connectivity index (χ3v) is 4.06. The van der Waals surface area contributed by atoms with Crippen molar-refractivity contribution in [2.45, 2.75) is 6.18 Å². The van der Waals surface area contributed by atoms with Crippen LogP contribution in [0.5, 0.6) is 0 Å². The van der Waals surface area contributed by atoms with Crippen molar-refractivity contribution >= 4 is 23.9 Å². The van der Waals surface area contributed by atoms with Crippen LogP contribution in [0.1, 0.15) is 11.3 Å². The fourth-order valence-corrected chi connectivity index (χ4v) is 2.64. The zero-order valence-electron chi connectivity index (χ0n) is 14.2. The molecule has 0 unspecified atom stereocenters. The number of benzene rings is 1. The number of likely N-dealkylation sites (N-methyl/N-ethyl adjacent to an activating group) is 2. The van der Waals surface area contributed by atoms with E-state index < -0.39 is 29.6 Å². The molecule has 1 aromatic carbocycles. The molecule has 0 atom stereocenters. The van der Waals surface area contributed by atoms with Gasteiger partial charge in [-0.3, -0.25) is 19.4 Å². The van der Waals surface area contributed by atoms with Crippen LogP contribution in [0.4, 0.5) is 18.0 Å². The highest BCUT2D eigenvalue weighted by Gasteiger charge is 2.38. The average Bonchev–Trinajstić information content (AvgIpc) is 3.10. The Labute approximate surface area is 151 Å². The predicted octanol–water partition coefficient (Wildman–Crippen LogP) is 3.40. The van der Waals surface area contributed by atoms with Crippen molar-refractivity contribution in [3.63, 3.8) is 0 Å². The molecule has 9 heteroatoms. The molecule has 1 aliphatic rings. The van der Waals surface area contributed by atoms with E-state index >= 15 is 0 Å². The molecule has 3 rings (SSSR count). The molecule has 1 fully saturated rings. The van der Waals surface area contributed by atoms with E-state index in [2.05, 4.69) is 0 Å². The number of hydrogen-bond donors (Lipinski definition) is 0. The number of carbonyl (C=O) groups is 3. The second-order valence-electron chi connectivity index (χ2n) is 5.81. The number of alkyl halides is 3. The standard InChI is InChI=1S/C18H13F3N2O4/c1-22-15(24)12(16(25)23(2)17(22)26)9-10-7-8-14(27-10)11-5-3-4-6-13(11)18(19,20)21/h3-9H,1-2H3. The van der Waals surface area contributed by atoms with Crippen LogP contribution in [0.2, 0.25) is 0 Å². The van der Waals surface area contributed by atoms with Crippen LogP contribution in [0.25, 0.3) is 17.4 Å². The highest BCUT2D eigenvalue weighted by Crippen LogP contribution is 2.37. The second-order valence-corrected chi connectivity index (χ2v) is 5.81. The van der Waals surface area contributed by atoms with E-state index in [1.54, 1.807) is 0 Å². The zero-order chi connectivity index (χ0) is 19.9. The maximum atomic E-state index is 13.2. The quantitative estimate of drug-likeness (QED) is 0.593. The zero-order valence-corrected chi connectivity index (χ0v) is 14.2. The first-order valence-corrected chi connectivity index (χ1v) is 7.69. The van der Waals surface area contributed by atoms with E-state index in [4.69, 9.17) is 4.42 Å². The fourth-order valence-electron chi connectivity index (χ4n) is 2.64. The molecule has 140 valence electrons. The van der Waals surface area contributed by atoms with Crippen LogP contribution in [0, 0.1) is 0 Å². The Balaban J connectivity index is 2.01. The van der Waals surface area contributed by atoms with Gasteiger partial charge < -0.3 is 4.42 Å². The van der Waals surface area contributed by atoms with Crippen LogP contribution in [-0.2, 0) is 15.8 Å². The minimum absolute atomic E-state index is 0.00910. The lowest BCUT2D eigenvalue weighted by atomic mass is 10.1. The number of furan rings is 1. The summed E-state index contributed by atoms with van der Waals surface area (Å²) in [5.41, 5.74) is -1.36. The molecule has 6 nitrogen and oxygen atoms in total. The van der Waals surface area contributed by atoms with Gasteiger partial charge in [-0.05, 0) is 24.3 Å². The number of barbiturate groups is 1. The molecule has 0 bridgehead atoms. The predicted molar refractivity (Wildman–Crippen MR) is 88.1 cm³/mol. The number of rotatable bonds is 2. The van der Waals surface area contributed by atoms with Crippen molar-refractivity contribution < 1.29 is 32.0 Å². The third-order valence-electron chi connectivity index (χ3n) is 4.06. The van der Waals surface area contributed by atoms with Gasteiger partial charge in [0.05, 0.1) is 5.56 Å². The third kappa shape index (κ3) is 3.23. The van der Waals surface area contributed by atoms with E-state index in [-0.39, 0.29) is 22.7 Å². The number of urea groups is 1. The molecule has 2 heterocycles. The molecule has 1 aliphatic heterocycles. The number of halogens is 3. The van der Waals surface area contributed by atoms with Crippen LogP contribution in [0.15, 0.2) is 46.4 Å². The first-order valence-electron chi connectivity index (χ1n) is 7.69. The monoisotopic (exact) mass is 378 g/mol. The van der Waals surface area contributed by atoms with Crippen LogP contribution >= 0.6 is 0 Å². The summed E-state index contributed by atoms with van der Waals surface area (Å²) in [6.45, 7) is 0. The van der Waals surface area contributed by atoms with Crippen LogP contribution in [-0.4, -0.2) is 41.7 Å². The molecule has 4 amide bonds. The molecular weight excluding hydrogens is 365 g/mol. The molecule has 27 heavy (non-hydrogen) atoms. The fraction of sp³-hybridized carbons (Fsp3) is 0.167. The van der Waals surface area contributed by atoms with E-state index in [0.29, 0.717) is 0 Å². The summed E-state index contributed by atoms with van der Waals surface area (Å²) in [7, 11) is 2.43. The summed E-state index contributed by atoms with van der Waals surface area (Å²) in [6.07, 6.45) is -3.47. The van der Waals surface area contributed by atoms with Crippen LogP contribution in [0.3, 0.4) is 0 Å². The minimum atomic E-state index is -4.57. The summed E-state index contributed by atoms with van der Waals surface area (Å²) < 4.78 is 44.9. The van der Waals surface area contributed by atoms with Crippen molar-refractivity contribution in [2.24, 2.45) is 0 Å².